The van der Waals surface area contributed by atoms with E-state index in [1.54, 1.807) is 19.2 Å². The predicted molar refractivity (Wildman–Crippen MR) is 91.5 cm³/mol. The van der Waals surface area contributed by atoms with Gasteiger partial charge in [0.1, 0.15) is 4.60 Å². The lowest BCUT2D eigenvalue weighted by Crippen LogP contribution is -2.10. The summed E-state index contributed by atoms with van der Waals surface area (Å²) in [4.78, 5) is 16.3. The third-order valence-electron chi connectivity index (χ3n) is 3.49. The molecule has 1 unspecified atom stereocenters. The number of hydrogen-bond acceptors (Lipinski definition) is 5. The van der Waals surface area contributed by atoms with E-state index in [9.17, 15) is 4.79 Å². The summed E-state index contributed by atoms with van der Waals surface area (Å²) >= 11 is 3.35. The quantitative estimate of drug-likeness (QED) is 0.514. The molecule has 2 aromatic rings. The summed E-state index contributed by atoms with van der Waals surface area (Å²) in [6, 6.07) is 1.76. The van der Waals surface area contributed by atoms with Gasteiger partial charge in [0.2, 0.25) is 0 Å². The van der Waals surface area contributed by atoms with Crippen LogP contribution in [0.2, 0.25) is 0 Å². The Morgan fingerprint density at radius 2 is 2.17 bits per heavy atom. The molecule has 0 aliphatic heterocycles. The molecule has 7 heteroatoms. The number of nitrogens with zero attached hydrogens (tertiary/aromatic N) is 3. The van der Waals surface area contributed by atoms with E-state index < -0.39 is 0 Å². The molecule has 2 aromatic heterocycles. The zero-order valence-electron chi connectivity index (χ0n) is 13.7. The van der Waals surface area contributed by atoms with Gasteiger partial charge in [0, 0.05) is 18.5 Å². The molecule has 0 amide bonds. The van der Waals surface area contributed by atoms with Crippen LogP contribution in [0.3, 0.4) is 0 Å². The van der Waals surface area contributed by atoms with Crippen molar-refractivity contribution in [1.29, 1.82) is 0 Å². The molecule has 126 valence electrons. The Morgan fingerprint density at radius 3 is 2.87 bits per heavy atom. The van der Waals surface area contributed by atoms with Crippen molar-refractivity contribution in [2.24, 2.45) is 0 Å². The van der Waals surface area contributed by atoms with Crippen molar-refractivity contribution >= 4 is 32.9 Å². The van der Waals surface area contributed by atoms with Crippen molar-refractivity contribution in [3.8, 4) is 0 Å². The van der Waals surface area contributed by atoms with Crippen LogP contribution in [-0.4, -0.2) is 40.1 Å². The average Bonchev–Trinajstić information content (AvgIpc) is 2.89. The minimum absolute atomic E-state index is 0.247. The van der Waals surface area contributed by atoms with E-state index in [0.717, 1.165) is 37.0 Å². The monoisotopic (exact) mass is 383 g/mol. The van der Waals surface area contributed by atoms with Crippen LogP contribution in [-0.2, 0) is 16.0 Å². The van der Waals surface area contributed by atoms with Crippen molar-refractivity contribution in [1.82, 2.24) is 14.8 Å². The number of pyridine rings is 1. The number of ether oxygens (including phenoxy) is 2. The first-order valence-electron chi connectivity index (χ1n) is 7.87. The first-order chi connectivity index (χ1) is 11.1. The highest BCUT2D eigenvalue weighted by Gasteiger charge is 2.16. The molecule has 0 saturated heterocycles. The zero-order chi connectivity index (χ0) is 16.8. The van der Waals surface area contributed by atoms with Crippen LogP contribution in [0, 0.1) is 0 Å². The summed E-state index contributed by atoms with van der Waals surface area (Å²) in [6.45, 7) is 7.68. The van der Waals surface area contributed by atoms with Crippen molar-refractivity contribution in [3.63, 3.8) is 0 Å². The lowest BCUT2D eigenvalue weighted by molar-refractivity contribution is 0.0525. The third kappa shape index (κ3) is 4.51. The summed E-state index contributed by atoms with van der Waals surface area (Å²) in [5.74, 6) is -0.382. The molecule has 0 radical (unpaired) electrons. The van der Waals surface area contributed by atoms with Gasteiger partial charge in [-0.1, -0.05) is 0 Å². The van der Waals surface area contributed by atoms with Crippen LogP contribution >= 0.6 is 15.9 Å². The van der Waals surface area contributed by atoms with Crippen LogP contribution in [0.25, 0.3) is 11.0 Å². The van der Waals surface area contributed by atoms with Gasteiger partial charge in [0.25, 0.3) is 0 Å². The largest absolute Gasteiger partial charge is 0.462 e. The fraction of sp³-hybridized carbons (Fsp3) is 0.562. The Hall–Kier alpha value is -1.47. The first-order valence-corrected chi connectivity index (χ1v) is 8.66. The van der Waals surface area contributed by atoms with E-state index in [1.165, 1.54) is 0 Å². The minimum Gasteiger partial charge on any atom is -0.462 e. The van der Waals surface area contributed by atoms with E-state index in [4.69, 9.17) is 9.47 Å². The summed E-state index contributed by atoms with van der Waals surface area (Å²) in [7, 11) is 0. The number of halogens is 1. The minimum atomic E-state index is -0.382. The number of esters is 1. The molecule has 0 N–H and O–H groups in total. The number of fused-ring (bicyclic) bond motifs is 1. The highest BCUT2D eigenvalue weighted by Crippen LogP contribution is 2.22. The molecule has 0 fully saturated rings. The summed E-state index contributed by atoms with van der Waals surface area (Å²) in [5, 5.41) is 5.19. The second-order valence-corrected chi connectivity index (χ2v) is 5.99. The van der Waals surface area contributed by atoms with E-state index in [1.807, 2.05) is 11.6 Å². The Kier molecular flexibility index (Phi) is 6.53. The maximum absolute atomic E-state index is 11.9. The SMILES string of the molecule is CCOC(=O)c1cc2cnn(CCCC(C)OCC)c2nc1Br. The molecule has 0 saturated carbocycles. The van der Waals surface area contributed by atoms with Gasteiger partial charge in [-0.25, -0.2) is 14.5 Å². The van der Waals surface area contributed by atoms with Crippen molar-refractivity contribution in [2.45, 2.75) is 46.3 Å². The third-order valence-corrected chi connectivity index (χ3v) is 4.10. The second kappa shape index (κ2) is 8.40. The maximum Gasteiger partial charge on any atom is 0.340 e. The topological polar surface area (TPSA) is 66.2 Å². The van der Waals surface area contributed by atoms with Gasteiger partial charge in [-0.2, -0.15) is 5.10 Å². The maximum atomic E-state index is 11.9. The van der Waals surface area contributed by atoms with Gasteiger partial charge in [-0.15, -0.1) is 0 Å². The molecular weight excluding hydrogens is 362 g/mol. The van der Waals surface area contributed by atoms with Crippen LogP contribution in [0.5, 0.6) is 0 Å². The molecule has 0 aromatic carbocycles. The Labute approximate surface area is 144 Å². The van der Waals surface area contributed by atoms with Crippen molar-refractivity contribution < 1.29 is 14.3 Å². The fourth-order valence-electron chi connectivity index (χ4n) is 2.40. The molecule has 2 heterocycles. The zero-order valence-corrected chi connectivity index (χ0v) is 15.3. The molecule has 23 heavy (non-hydrogen) atoms. The predicted octanol–water partition coefficient (Wildman–Crippen LogP) is 3.58. The Bertz CT molecular complexity index is 672. The van der Waals surface area contributed by atoms with Crippen molar-refractivity contribution in [2.75, 3.05) is 13.2 Å². The number of aryl methyl sites for hydroxylation is 1. The van der Waals surface area contributed by atoms with Gasteiger partial charge < -0.3 is 9.47 Å². The van der Waals surface area contributed by atoms with Gasteiger partial charge in [-0.3, -0.25) is 0 Å². The normalized spacial score (nSPS) is 12.5. The highest BCUT2D eigenvalue weighted by atomic mass is 79.9. The molecule has 0 aliphatic rings. The van der Waals surface area contributed by atoms with E-state index in [2.05, 4.69) is 32.9 Å². The molecule has 0 bridgehead atoms. The van der Waals surface area contributed by atoms with Gasteiger partial charge in [-0.05, 0) is 55.6 Å². The number of carbonyl (C=O) groups is 1. The standard InChI is InChI=1S/C16H22BrN3O3/c1-4-22-11(3)7-6-8-20-15-12(10-18-20)9-13(14(17)19-15)16(21)23-5-2/h9-11H,4-8H2,1-3H3. The van der Waals surface area contributed by atoms with Gasteiger partial charge >= 0.3 is 5.97 Å². The van der Waals surface area contributed by atoms with E-state index in [0.29, 0.717) is 16.8 Å². The van der Waals surface area contributed by atoms with E-state index >= 15 is 0 Å². The first kappa shape index (κ1) is 17.9. The Morgan fingerprint density at radius 1 is 1.39 bits per heavy atom. The molecule has 0 spiro atoms. The van der Waals surface area contributed by atoms with E-state index in [-0.39, 0.29) is 12.1 Å². The molecule has 1 atom stereocenters. The lowest BCUT2D eigenvalue weighted by Gasteiger charge is -2.11. The molecule has 6 nitrogen and oxygen atoms in total. The van der Waals surface area contributed by atoms with Crippen LogP contribution in [0.1, 0.15) is 44.0 Å². The van der Waals surface area contributed by atoms with Crippen LogP contribution in [0.15, 0.2) is 16.9 Å². The van der Waals surface area contributed by atoms with Gasteiger partial charge in [0.05, 0.1) is 24.5 Å². The summed E-state index contributed by atoms with van der Waals surface area (Å²) in [6.07, 6.45) is 3.90. The number of rotatable bonds is 8. The summed E-state index contributed by atoms with van der Waals surface area (Å²) in [5.41, 5.74) is 1.18. The smallest absolute Gasteiger partial charge is 0.340 e. The fourth-order valence-corrected chi connectivity index (χ4v) is 2.84. The molecule has 2 rings (SSSR count). The van der Waals surface area contributed by atoms with Crippen LogP contribution in [0.4, 0.5) is 0 Å². The Balaban J connectivity index is 2.11. The number of aromatic nitrogens is 3. The van der Waals surface area contributed by atoms with Crippen LogP contribution < -0.4 is 0 Å². The van der Waals surface area contributed by atoms with Gasteiger partial charge in [0.15, 0.2) is 5.65 Å². The number of carbonyl (C=O) groups excluding carboxylic acids is 1. The lowest BCUT2D eigenvalue weighted by atomic mass is 10.2. The average molecular weight is 384 g/mol. The molecule has 0 aliphatic carbocycles. The number of hydrogen-bond donors (Lipinski definition) is 0. The van der Waals surface area contributed by atoms with Crippen molar-refractivity contribution in [3.05, 3.63) is 22.4 Å². The summed E-state index contributed by atoms with van der Waals surface area (Å²) < 4.78 is 12.9. The second-order valence-electron chi connectivity index (χ2n) is 5.24. The molecular formula is C16H22BrN3O3. The highest BCUT2D eigenvalue weighted by molar-refractivity contribution is 9.10.